The van der Waals surface area contributed by atoms with Gasteiger partial charge in [-0.05, 0) is 30.9 Å². The summed E-state index contributed by atoms with van der Waals surface area (Å²) in [6, 6.07) is 7.80. The molecule has 2 fully saturated rings. The Balaban J connectivity index is 2.00. The lowest BCUT2D eigenvalue weighted by Gasteiger charge is -2.21. The SMILES string of the molecule is Cc1ccccc1C1C(=O)C2CCCCC2C1=O. The van der Waals surface area contributed by atoms with E-state index >= 15 is 0 Å². The molecule has 2 atom stereocenters. The Bertz CT molecular complexity index is 480. The lowest BCUT2D eigenvalue weighted by molar-refractivity contribution is -0.125. The Labute approximate surface area is 107 Å². The van der Waals surface area contributed by atoms with Crippen LogP contribution in [0.5, 0.6) is 0 Å². The van der Waals surface area contributed by atoms with Crippen LogP contribution in [-0.4, -0.2) is 11.6 Å². The van der Waals surface area contributed by atoms with Crippen LogP contribution < -0.4 is 0 Å². The van der Waals surface area contributed by atoms with Gasteiger partial charge in [-0.3, -0.25) is 9.59 Å². The maximum absolute atomic E-state index is 12.5. The third-order valence-corrected chi connectivity index (χ3v) is 4.57. The van der Waals surface area contributed by atoms with Crippen LogP contribution in [-0.2, 0) is 9.59 Å². The van der Waals surface area contributed by atoms with Crippen molar-refractivity contribution in [2.75, 3.05) is 0 Å². The minimum Gasteiger partial charge on any atom is -0.298 e. The predicted octanol–water partition coefficient (Wildman–Crippen LogP) is 3.04. The van der Waals surface area contributed by atoms with E-state index in [2.05, 4.69) is 0 Å². The van der Waals surface area contributed by atoms with Gasteiger partial charge < -0.3 is 0 Å². The van der Waals surface area contributed by atoms with Gasteiger partial charge in [0.05, 0.1) is 0 Å². The first-order chi connectivity index (χ1) is 8.70. The van der Waals surface area contributed by atoms with E-state index < -0.39 is 5.92 Å². The number of carbonyl (C=O) groups is 2. The first kappa shape index (κ1) is 11.6. The van der Waals surface area contributed by atoms with Crippen molar-refractivity contribution in [2.45, 2.75) is 38.5 Å². The van der Waals surface area contributed by atoms with E-state index in [0.717, 1.165) is 36.8 Å². The van der Waals surface area contributed by atoms with Gasteiger partial charge in [0.2, 0.25) is 0 Å². The fraction of sp³-hybridized carbons (Fsp3) is 0.500. The molecule has 2 saturated carbocycles. The standard InChI is InChI=1S/C16H18O2/c1-10-6-2-3-7-11(10)14-15(17)12-8-4-5-9-13(12)16(14)18/h2-3,6-7,12-14H,4-5,8-9H2,1H3. The van der Waals surface area contributed by atoms with E-state index in [1.807, 2.05) is 31.2 Å². The second-order valence-corrected chi connectivity index (χ2v) is 5.59. The van der Waals surface area contributed by atoms with Crippen molar-refractivity contribution in [3.63, 3.8) is 0 Å². The smallest absolute Gasteiger partial charge is 0.151 e. The first-order valence-electron chi connectivity index (χ1n) is 6.83. The Morgan fingerprint density at radius 1 is 0.944 bits per heavy atom. The van der Waals surface area contributed by atoms with Crippen molar-refractivity contribution in [2.24, 2.45) is 11.8 Å². The van der Waals surface area contributed by atoms with Crippen molar-refractivity contribution in [3.8, 4) is 0 Å². The van der Waals surface area contributed by atoms with Crippen LogP contribution in [0.4, 0.5) is 0 Å². The molecule has 18 heavy (non-hydrogen) atoms. The largest absolute Gasteiger partial charge is 0.298 e. The van der Waals surface area contributed by atoms with Crippen LogP contribution in [0.3, 0.4) is 0 Å². The Morgan fingerprint density at radius 3 is 2.06 bits per heavy atom. The third kappa shape index (κ3) is 1.63. The van der Waals surface area contributed by atoms with Crippen LogP contribution in [0.1, 0.15) is 42.7 Å². The molecule has 2 aliphatic carbocycles. The first-order valence-corrected chi connectivity index (χ1v) is 6.83. The maximum atomic E-state index is 12.5. The highest BCUT2D eigenvalue weighted by atomic mass is 16.2. The minimum atomic E-state index is -0.473. The molecule has 2 nitrogen and oxygen atoms in total. The van der Waals surface area contributed by atoms with Gasteiger partial charge in [0, 0.05) is 11.8 Å². The zero-order chi connectivity index (χ0) is 12.7. The molecule has 2 unspecified atom stereocenters. The topological polar surface area (TPSA) is 34.1 Å². The van der Waals surface area contributed by atoms with E-state index in [1.54, 1.807) is 0 Å². The van der Waals surface area contributed by atoms with Gasteiger partial charge >= 0.3 is 0 Å². The summed E-state index contributed by atoms with van der Waals surface area (Å²) >= 11 is 0. The number of rotatable bonds is 1. The Kier molecular flexibility index (Phi) is 2.81. The highest BCUT2D eigenvalue weighted by Gasteiger charge is 2.50. The van der Waals surface area contributed by atoms with Gasteiger partial charge in [-0.2, -0.15) is 0 Å². The number of benzene rings is 1. The zero-order valence-electron chi connectivity index (χ0n) is 10.7. The predicted molar refractivity (Wildman–Crippen MR) is 69.4 cm³/mol. The molecule has 94 valence electrons. The number of hydrogen-bond acceptors (Lipinski definition) is 2. The molecule has 0 bridgehead atoms. The van der Waals surface area contributed by atoms with Crippen molar-refractivity contribution in [3.05, 3.63) is 35.4 Å². The molecule has 1 aromatic carbocycles. The summed E-state index contributed by atoms with van der Waals surface area (Å²) in [5, 5.41) is 0. The van der Waals surface area contributed by atoms with E-state index in [-0.39, 0.29) is 23.4 Å². The summed E-state index contributed by atoms with van der Waals surface area (Å²) in [5.41, 5.74) is 1.99. The van der Waals surface area contributed by atoms with Crippen molar-refractivity contribution in [1.29, 1.82) is 0 Å². The summed E-state index contributed by atoms with van der Waals surface area (Å²) in [5.74, 6) is -0.0935. The number of fused-ring (bicyclic) bond motifs is 1. The number of Topliss-reactive ketones (excluding diaryl/α,β-unsaturated/α-hetero) is 2. The van der Waals surface area contributed by atoms with E-state index in [0.29, 0.717) is 0 Å². The highest BCUT2D eigenvalue weighted by molar-refractivity contribution is 6.16. The highest BCUT2D eigenvalue weighted by Crippen LogP contribution is 2.44. The molecule has 1 aromatic rings. The second-order valence-electron chi connectivity index (χ2n) is 5.59. The lowest BCUT2D eigenvalue weighted by atomic mass is 9.81. The summed E-state index contributed by atoms with van der Waals surface area (Å²) < 4.78 is 0. The third-order valence-electron chi connectivity index (χ3n) is 4.57. The normalized spacial score (nSPS) is 31.5. The molecule has 0 aromatic heterocycles. The molecule has 0 N–H and O–H groups in total. The molecule has 2 heteroatoms. The van der Waals surface area contributed by atoms with E-state index in [1.165, 1.54) is 0 Å². The molecule has 0 heterocycles. The lowest BCUT2D eigenvalue weighted by Crippen LogP contribution is -2.21. The average molecular weight is 242 g/mol. The van der Waals surface area contributed by atoms with Crippen LogP contribution in [0.2, 0.25) is 0 Å². The minimum absolute atomic E-state index is 0.0101. The van der Waals surface area contributed by atoms with Crippen LogP contribution >= 0.6 is 0 Å². The molecule has 0 saturated heterocycles. The fourth-order valence-corrected chi connectivity index (χ4v) is 3.60. The Morgan fingerprint density at radius 2 is 1.50 bits per heavy atom. The van der Waals surface area contributed by atoms with E-state index in [9.17, 15) is 9.59 Å². The summed E-state index contributed by atoms with van der Waals surface area (Å²) in [6.45, 7) is 1.98. The van der Waals surface area contributed by atoms with Gasteiger partial charge in [-0.25, -0.2) is 0 Å². The van der Waals surface area contributed by atoms with Crippen LogP contribution in [0, 0.1) is 18.8 Å². The van der Waals surface area contributed by atoms with Crippen molar-refractivity contribution >= 4 is 11.6 Å². The number of carbonyl (C=O) groups excluding carboxylic acids is 2. The molecular weight excluding hydrogens is 224 g/mol. The summed E-state index contributed by atoms with van der Waals surface area (Å²) in [6.07, 6.45) is 4.02. The summed E-state index contributed by atoms with van der Waals surface area (Å²) in [4.78, 5) is 25.0. The maximum Gasteiger partial charge on any atom is 0.151 e. The van der Waals surface area contributed by atoms with Gasteiger partial charge in [0.25, 0.3) is 0 Å². The molecule has 2 aliphatic rings. The van der Waals surface area contributed by atoms with Gasteiger partial charge in [-0.15, -0.1) is 0 Å². The van der Waals surface area contributed by atoms with Gasteiger partial charge in [0.15, 0.2) is 11.6 Å². The zero-order valence-corrected chi connectivity index (χ0v) is 10.7. The molecule has 0 amide bonds. The van der Waals surface area contributed by atoms with Gasteiger partial charge in [0.1, 0.15) is 5.92 Å². The monoisotopic (exact) mass is 242 g/mol. The van der Waals surface area contributed by atoms with Crippen molar-refractivity contribution in [1.82, 2.24) is 0 Å². The number of ketones is 2. The average Bonchev–Trinajstić information content (AvgIpc) is 2.64. The fourth-order valence-electron chi connectivity index (χ4n) is 3.60. The van der Waals surface area contributed by atoms with Crippen molar-refractivity contribution < 1.29 is 9.59 Å². The van der Waals surface area contributed by atoms with Crippen LogP contribution in [0.15, 0.2) is 24.3 Å². The quantitative estimate of drug-likeness (QED) is 0.709. The molecule has 0 radical (unpaired) electrons. The molecule has 0 aliphatic heterocycles. The molecule has 0 spiro atoms. The number of aryl methyl sites for hydroxylation is 1. The van der Waals surface area contributed by atoms with Crippen LogP contribution in [0.25, 0.3) is 0 Å². The molecule has 3 rings (SSSR count). The molecular formula is C16H18O2. The number of hydrogen-bond donors (Lipinski definition) is 0. The van der Waals surface area contributed by atoms with Gasteiger partial charge in [-0.1, -0.05) is 37.1 Å². The second kappa shape index (κ2) is 4.34. The summed E-state index contributed by atoms with van der Waals surface area (Å²) in [7, 11) is 0. The van der Waals surface area contributed by atoms with E-state index in [4.69, 9.17) is 0 Å². The Hall–Kier alpha value is -1.44.